The molecule has 0 radical (unpaired) electrons. The molecule has 6 nitrogen and oxygen atoms in total. The molecule has 0 bridgehead atoms. The van der Waals surface area contributed by atoms with Gasteiger partial charge in [0.05, 0.1) is 20.3 Å². The Morgan fingerprint density at radius 3 is 2.52 bits per heavy atom. The number of methoxy groups -OCH3 is 1. The maximum Gasteiger partial charge on any atom is 0.283 e. The number of rotatable bonds is 4. The molecule has 0 spiro atoms. The maximum absolute atomic E-state index is 11.7. The van der Waals surface area contributed by atoms with Crippen LogP contribution in [0.25, 0.3) is 0 Å². The summed E-state index contributed by atoms with van der Waals surface area (Å²) in [5, 5.41) is 0.293. The lowest BCUT2D eigenvalue weighted by atomic mass is 10.3. The van der Waals surface area contributed by atoms with Crippen molar-refractivity contribution in [3.63, 3.8) is 0 Å². The summed E-state index contributed by atoms with van der Waals surface area (Å²) in [5.41, 5.74) is 0. The molecule has 1 heterocycles. The highest BCUT2D eigenvalue weighted by molar-refractivity contribution is 7.77. The second-order valence-corrected chi connectivity index (χ2v) is 4.72. The van der Waals surface area contributed by atoms with Crippen molar-refractivity contribution < 1.29 is 19.0 Å². The van der Waals surface area contributed by atoms with E-state index in [-0.39, 0.29) is 6.61 Å². The Morgan fingerprint density at radius 2 is 1.90 bits per heavy atom. The number of aliphatic imine (C=N–C) groups is 1. The highest BCUT2D eigenvalue weighted by Gasteiger charge is 2.09. The molecule has 2 rings (SSSR count). The topological polar surface area (TPSA) is 60.4 Å². The Kier molecular flexibility index (Phi) is 5.77. The lowest BCUT2D eigenvalue weighted by Crippen LogP contribution is -2.40. The van der Waals surface area contributed by atoms with Gasteiger partial charge in [-0.05, 0) is 29.4 Å². The van der Waals surface area contributed by atoms with E-state index in [1.165, 1.54) is 0 Å². The number of carbonyl (C=O) groups is 1. The number of amidine groups is 1. The number of benzene rings is 1. The van der Waals surface area contributed by atoms with Crippen molar-refractivity contribution in [1.82, 2.24) is 4.90 Å². The Balaban J connectivity index is 1.82. The summed E-state index contributed by atoms with van der Waals surface area (Å²) in [6, 6.07) is 6.98. The number of nitrogens with zero attached hydrogens (tertiary/aromatic N) is 2. The first-order chi connectivity index (χ1) is 10.2. The zero-order valence-corrected chi connectivity index (χ0v) is 12.6. The molecule has 1 saturated heterocycles. The van der Waals surface area contributed by atoms with Crippen LogP contribution in [0.2, 0.25) is 0 Å². The first-order valence-electron chi connectivity index (χ1n) is 6.57. The lowest BCUT2D eigenvalue weighted by Gasteiger charge is -2.33. The summed E-state index contributed by atoms with van der Waals surface area (Å²) in [5.74, 6) is 0.908. The van der Waals surface area contributed by atoms with E-state index in [0.717, 1.165) is 5.75 Å². The molecule has 114 valence electrons. The molecule has 0 N–H and O–H groups in total. The normalized spacial score (nSPS) is 15.7. The van der Waals surface area contributed by atoms with Crippen LogP contribution in [0.15, 0.2) is 29.3 Å². The molecule has 0 atom stereocenters. The van der Waals surface area contributed by atoms with Gasteiger partial charge in [0.25, 0.3) is 5.91 Å². The Hall–Kier alpha value is -1.86. The number of hydrogen-bond donors (Lipinski definition) is 0. The number of ether oxygens (including phenoxy) is 3. The van der Waals surface area contributed by atoms with Gasteiger partial charge in [-0.25, -0.2) is 4.99 Å². The van der Waals surface area contributed by atoms with E-state index < -0.39 is 5.91 Å². The molecule has 0 unspecified atom stereocenters. The molecule has 1 aromatic carbocycles. The summed E-state index contributed by atoms with van der Waals surface area (Å²) in [6.45, 7) is 2.39. The van der Waals surface area contributed by atoms with Gasteiger partial charge in [0.15, 0.2) is 6.61 Å². The largest absolute Gasteiger partial charge is 0.742 e. The summed E-state index contributed by atoms with van der Waals surface area (Å²) in [7, 11) is 1.59. The fourth-order valence-corrected chi connectivity index (χ4v) is 2.07. The quantitative estimate of drug-likeness (QED) is 0.466. The summed E-state index contributed by atoms with van der Waals surface area (Å²) < 4.78 is 15.6. The number of morpholine rings is 1. The van der Waals surface area contributed by atoms with E-state index >= 15 is 0 Å². The third kappa shape index (κ3) is 4.87. The Bertz CT molecular complexity index is 498. The predicted molar refractivity (Wildman–Crippen MR) is 80.7 cm³/mol. The zero-order chi connectivity index (χ0) is 15.1. The minimum absolute atomic E-state index is 0.142. The minimum Gasteiger partial charge on any atom is -0.742 e. The predicted octanol–water partition coefficient (Wildman–Crippen LogP) is 0.836. The van der Waals surface area contributed by atoms with E-state index in [4.69, 9.17) is 26.8 Å². The molecule has 7 heteroatoms. The van der Waals surface area contributed by atoms with Gasteiger partial charge in [-0.1, -0.05) is 0 Å². The fraction of sp³-hybridized carbons (Fsp3) is 0.429. The van der Waals surface area contributed by atoms with Crippen molar-refractivity contribution in [2.24, 2.45) is 4.99 Å². The van der Waals surface area contributed by atoms with E-state index in [1.807, 2.05) is 4.90 Å². The summed E-state index contributed by atoms with van der Waals surface area (Å²) in [6.07, 6.45) is 0. The van der Waals surface area contributed by atoms with Crippen LogP contribution in [-0.4, -0.2) is 56.0 Å². The smallest absolute Gasteiger partial charge is 0.283 e. The molecular formula is C14H17N2O4S-. The second-order valence-electron chi connectivity index (χ2n) is 4.35. The molecule has 1 aromatic rings. The molecule has 0 aromatic heterocycles. The number of amides is 1. The van der Waals surface area contributed by atoms with Crippen molar-refractivity contribution in [2.75, 3.05) is 40.0 Å². The molecular weight excluding hydrogens is 292 g/mol. The van der Waals surface area contributed by atoms with Crippen LogP contribution in [0.1, 0.15) is 0 Å². The van der Waals surface area contributed by atoms with Crippen LogP contribution < -0.4 is 9.47 Å². The zero-order valence-electron chi connectivity index (χ0n) is 11.8. The molecule has 21 heavy (non-hydrogen) atoms. The molecule has 1 fully saturated rings. The first-order valence-corrected chi connectivity index (χ1v) is 6.98. The van der Waals surface area contributed by atoms with E-state index in [0.29, 0.717) is 37.2 Å². The number of hydrogen-bond acceptors (Lipinski definition) is 5. The van der Waals surface area contributed by atoms with Gasteiger partial charge in [-0.15, -0.1) is 0 Å². The maximum atomic E-state index is 11.7. The van der Waals surface area contributed by atoms with Gasteiger partial charge in [-0.2, -0.15) is 0 Å². The fourth-order valence-electron chi connectivity index (χ4n) is 1.78. The summed E-state index contributed by atoms with van der Waals surface area (Å²) in [4.78, 5) is 17.4. The van der Waals surface area contributed by atoms with E-state index in [2.05, 4.69) is 4.99 Å². The summed E-state index contributed by atoms with van der Waals surface area (Å²) >= 11 is 5.12. The van der Waals surface area contributed by atoms with Crippen molar-refractivity contribution in [2.45, 2.75) is 0 Å². The van der Waals surface area contributed by atoms with E-state index in [1.54, 1.807) is 31.4 Å². The second kappa shape index (κ2) is 7.80. The van der Waals surface area contributed by atoms with Crippen molar-refractivity contribution in [1.29, 1.82) is 0 Å². The highest BCUT2D eigenvalue weighted by atomic mass is 32.1. The Morgan fingerprint density at radius 1 is 1.29 bits per heavy atom. The van der Waals surface area contributed by atoms with Gasteiger partial charge in [-0.3, -0.25) is 4.79 Å². The van der Waals surface area contributed by atoms with Crippen molar-refractivity contribution in [3.8, 4) is 11.5 Å². The molecule has 1 amide bonds. The Labute approximate surface area is 129 Å². The SMILES string of the molecule is COc1ccc(OCC(=O)N=C([S-])N2CCOCC2)cc1. The van der Waals surface area contributed by atoms with Crippen LogP contribution in [-0.2, 0) is 22.2 Å². The van der Waals surface area contributed by atoms with Gasteiger partial charge in [0.2, 0.25) is 0 Å². The lowest BCUT2D eigenvalue weighted by molar-refractivity contribution is -0.119. The van der Waals surface area contributed by atoms with Crippen LogP contribution >= 0.6 is 0 Å². The molecule has 0 saturated carbocycles. The molecule has 1 aliphatic heterocycles. The van der Waals surface area contributed by atoms with E-state index in [9.17, 15) is 4.79 Å². The van der Waals surface area contributed by atoms with Crippen LogP contribution in [0, 0.1) is 0 Å². The monoisotopic (exact) mass is 309 g/mol. The van der Waals surface area contributed by atoms with Crippen molar-refractivity contribution in [3.05, 3.63) is 24.3 Å². The third-order valence-corrected chi connectivity index (χ3v) is 3.27. The van der Waals surface area contributed by atoms with Gasteiger partial charge in [0.1, 0.15) is 11.5 Å². The average Bonchev–Trinajstić information content (AvgIpc) is 2.54. The average molecular weight is 309 g/mol. The van der Waals surface area contributed by atoms with Gasteiger partial charge >= 0.3 is 0 Å². The highest BCUT2D eigenvalue weighted by Crippen LogP contribution is 2.16. The van der Waals surface area contributed by atoms with Gasteiger partial charge in [0, 0.05) is 13.1 Å². The molecule has 0 aliphatic carbocycles. The minimum atomic E-state index is -0.401. The molecule has 1 aliphatic rings. The van der Waals surface area contributed by atoms with Crippen LogP contribution in [0.3, 0.4) is 0 Å². The third-order valence-electron chi connectivity index (χ3n) is 2.92. The van der Waals surface area contributed by atoms with Gasteiger partial charge < -0.3 is 31.7 Å². The standard InChI is InChI=1S/C14H18N2O4S/c1-18-11-2-4-12(5-3-11)20-10-13(17)15-14(21)16-6-8-19-9-7-16/h2-5H,6-10H2,1H3,(H,15,17,21)/p-1. The van der Waals surface area contributed by atoms with Crippen LogP contribution in [0.5, 0.6) is 11.5 Å². The van der Waals surface area contributed by atoms with Crippen LogP contribution in [0.4, 0.5) is 0 Å². The van der Waals surface area contributed by atoms with Crippen molar-refractivity contribution >= 4 is 23.7 Å². The number of carbonyl (C=O) groups excluding carboxylic acids is 1. The first kappa shape index (κ1) is 15.5.